The van der Waals surface area contributed by atoms with Crippen LogP contribution in [0.5, 0.6) is 0 Å². The lowest BCUT2D eigenvalue weighted by Gasteiger charge is -2.23. The minimum absolute atomic E-state index is 0.259. The molecule has 0 saturated carbocycles. The van der Waals surface area contributed by atoms with Crippen molar-refractivity contribution in [2.45, 2.75) is 39.3 Å². The monoisotopic (exact) mass is 350 g/mol. The van der Waals surface area contributed by atoms with Gasteiger partial charge >= 0.3 is 5.69 Å². The number of rotatable bonds is 6. The lowest BCUT2D eigenvalue weighted by molar-refractivity contribution is -0.922. The first-order chi connectivity index (χ1) is 12.0. The molecule has 0 atom stereocenters. The van der Waals surface area contributed by atoms with E-state index in [-0.39, 0.29) is 11.2 Å². The summed E-state index contributed by atoms with van der Waals surface area (Å²) in [7, 11) is 3.21. The summed E-state index contributed by atoms with van der Waals surface area (Å²) in [5, 5.41) is 0. The molecule has 8 heteroatoms. The Bertz CT molecular complexity index is 858. The van der Waals surface area contributed by atoms with Gasteiger partial charge in [-0.2, -0.15) is 0 Å². The van der Waals surface area contributed by atoms with E-state index in [9.17, 15) is 9.59 Å². The molecular weight excluding hydrogens is 322 g/mol. The third-order valence-corrected chi connectivity index (χ3v) is 5.02. The van der Waals surface area contributed by atoms with E-state index in [1.807, 2.05) is 4.57 Å². The van der Waals surface area contributed by atoms with Gasteiger partial charge in [0.1, 0.15) is 19.6 Å². The summed E-state index contributed by atoms with van der Waals surface area (Å²) in [5.74, 6) is 0.890. The van der Waals surface area contributed by atoms with Gasteiger partial charge in [0.15, 0.2) is 17.0 Å². The molecule has 1 fully saturated rings. The highest BCUT2D eigenvalue weighted by Gasteiger charge is 2.23. The molecule has 1 aliphatic rings. The predicted octanol–water partition coefficient (Wildman–Crippen LogP) is -0.961. The zero-order chi connectivity index (χ0) is 18.0. The number of morpholine rings is 1. The summed E-state index contributed by atoms with van der Waals surface area (Å²) >= 11 is 0. The smallest absolute Gasteiger partial charge is 0.332 e. The van der Waals surface area contributed by atoms with Gasteiger partial charge in [-0.15, -0.1) is 0 Å². The van der Waals surface area contributed by atoms with E-state index in [4.69, 9.17) is 9.72 Å². The first-order valence-electron chi connectivity index (χ1n) is 9.11. The lowest BCUT2D eigenvalue weighted by Crippen LogP contribution is -3.12. The summed E-state index contributed by atoms with van der Waals surface area (Å²) < 4.78 is 10.1. The molecule has 138 valence electrons. The average molecular weight is 350 g/mol. The van der Waals surface area contributed by atoms with Crippen LogP contribution >= 0.6 is 0 Å². The van der Waals surface area contributed by atoms with Gasteiger partial charge in [-0.05, 0) is 6.42 Å². The topological polar surface area (TPSA) is 75.5 Å². The zero-order valence-electron chi connectivity index (χ0n) is 15.4. The Morgan fingerprint density at radius 3 is 2.52 bits per heavy atom. The maximum Gasteiger partial charge on any atom is 0.332 e. The molecule has 0 spiro atoms. The predicted molar refractivity (Wildman–Crippen MR) is 95.0 cm³/mol. The highest BCUT2D eigenvalue weighted by atomic mass is 16.5. The highest BCUT2D eigenvalue weighted by molar-refractivity contribution is 5.71. The average Bonchev–Trinajstić information content (AvgIpc) is 2.98. The van der Waals surface area contributed by atoms with Crippen molar-refractivity contribution in [1.29, 1.82) is 0 Å². The standard InChI is InChI=1S/C17H27N5O3/c1-4-5-6-7-22-13(12-21-8-10-25-11-9-21)18-15-14(22)16(23)20(3)17(24)19(15)2/h4-12H2,1-3H3/p+1. The molecule has 1 N–H and O–H groups in total. The van der Waals surface area contributed by atoms with Crippen LogP contribution < -0.4 is 16.1 Å². The summed E-state index contributed by atoms with van der Waals surface area (Å²) in [6.45, 7) is 7.06. The first-order valence-corrected chi connectivity index (χ1v) is 9.11. The molecule has 0 radical (unpaired) electrons. The van der Waals surface area contributed by atoms with Crippen molar-refractivity contribution in [3.8, 4) is 0 Å². The van der Waals surface area contributed by atoms with Crippen molar-refractivity contribution in [2.75, 3.05) is 26.3 Å². The summed E-state index contributed by atoms with van der Waals surface area (Å²) in [6.07, 6.45) is 3.22. The third kappa shape index (κ3) is 3.41. The van der Waals surface area contributed by atoms with Gasteiger partial charge in [-0.1, -0.05) is 19.8 Å². The molecule has 0 aliphatic carbocycles. The van der Waals surface area contributed by atoms with E-state index < -0.39 is 0 Å². The van der Waals surface area contributed by atoms with E-state index in [1.54, 1.807) is 7.05 Å². The Kier molecular flexibility index (Phi) is 5.39. The van der Waals surface area contributed by atoms with Gasteiger partial charge in [0, 0.05) is 20.6 Å². The van der Waals surface area contributed by atoms with E-state index >= 15 is 0 Å². The quantitative estimate of drug-likeness (QED) is 0.681. The van der Waals surface area contributed by atoms with Gasteiger partial charge in [0.2, 0.25) is 0 Å². The second kappa shape index (κ2) is 7.53. The second-order valence-corrected chi connectivity index (χ2v) is 6.80. The minimum Gasteiger partial charge on any atom is -0.370 e. The number of aromatic nitrogens is 4. The molecule has 1 aliphatic heterocycles. The molecule has 2 aromatic heterocycles. The largest absolute Gasteiger partial charge is 0.370 e. The maximum atomic E-state index is 12.7. The van der Waals surface area contributed by atoms with Crippen LogP contribution in [0.15, 0.2) is 9.59 Å². The minimum atomic E-state index is -0.332. The molecule has 2 aromatic rings. The molecule has 0 bridgehead atoms. The van der Waals surface area contributed by atoms with Crippen molar-refractivity contribution in [3.63, 3.8) is 0 Å². The molecule has 8 nitrogen and oxygen atoms in total. The van der Waals surface area contributed by atoms with E-state index in [0.29, 0.717) is 11.2 Å². The Morgan fingerprint density at radius 2 is 1.84 bits per heavy atom. The fraction of sp³-hybridized carbons (Fsp3) is 0.706. The zero-order valence-corrected chi connectivity index (χ0v) is 15.4. The van der Waals surface area contributed by atoms with E-state index in [1.165, 1.54) is 21.1 Å². The van der Waals surface area contributed by atoms with Gasteiger partial charge < -0.3 is 14.2 Å². The van der Waals surface area contributed by atoms with Crippen LogP contribution in [0.2, 0.25) is 0 Å². The van der Waals surface area contributed by atoms with Crippen LogP contribution in [0, 0.1) is 0 Å². The fourth-order valence-electron chi connectivity index (χ4n) is 3.45. The SMILES string of the molecule is CCCCCn1c(C[NH+]2CCOCC2)nc2c1c(=O)n(C)c(=O)n2C. The van der Waals surface area contributed by atoms with Crippen LogP contribution in [0.4, 0.5) is 0 Å². The molecule has 3 heterocycles. The van der Waals surface area contributed by atoms with Crippen molar-refractivity contribution in [3.05, 3.63) is 26.7 Å². The van der Waals surface area contributed by atoms with Crippen LogP contribution in [0.25, 0.3) is 11.2 Å². The normalized spacial score (nSPS) is 16.0. The van der Waals surface area contributed by atoms with Crippen molar-refractivity contribution < 1.29 is 9.64 Å². The number of fused-ring (bicyclic) bond motifs is 1. The second-order valence-electron chi connectivity index (χ2n) is 6.80. The Hall–Kier alpha value is -1.93. The molecule has 1 saturated heterocycles. The molecular formula is C17H28N5O3+. The van der Waals surface area contributed by atoms with E-state index in [0.717, 1.165) is 64.5 Å². The van der Waals surface area contributed by atoms with Crippen molar-refractivity contribution in [2.24, 2.45) is 14.1 Å². The molecule has 3 rings (SSSR count). The van der Waals surface area contributed by atoms with Gasteiger partial charge in [-0.3, -0.25) is 13.9 Å². The lowest BCUT2D eigenvalue weighted by atomic mass is 10.2. The Morgan fingerprint density at radius 1 is 1.12 bits per heavy atom. The van der Waals surface area contributed by atoms with E-state index in [2.05, 4.69) is 6.92 Å². The maximum absolute atomic E-state index is 12.7. The van der Waals surface area contributed by atoms with Crippen molar-refractivity contribution >= 4 is 11.2 Å². The van der Waals surface area contributed by atoms with Gasteiger partial charge in [0.25, 0.3) is 5.56 Å². The van der Waals surface area contributed by atoms with Crippen LogP contribution in [-0.2, 0) is 31.9 Å². The number of aryl methyl sites for hydroxylation is 2. The van der Waals surface area contributed by atoms with Gasteiger partial charge in [0.05, 0.1) is 13.2 Å². The Labute approximate surface area is 146 Å². The first kappa shape index (κ1) is 17.9. The van der Waals surface area contributed by atoms with Crippen molar-refractivity contribution in [1.82, 2.24) is 18.7 Å². The van der Waals surface area contributed by atoms with Crippen LogP contribution in [0.1, 0.15) is 32.0 Å². The summed E-state index contributed by atoms with van der Waals surface area (Å²) in [5.41, 5.74) is 0.446. The van der Waals surface area contributed by atoms with Crippen LogP contribution in [0.3, 0.4) is 0 Å². The fourth-order valence-corrected chi connectivity index (χ4v) is 3.45. The molecule has 0 amide bonds. The number of nitrogens with zero attached hydrogens (tertiary/aromatic N) is 4. The number of imidazole rings is 1. The van der Waals surface area contributed by atoms with Gasteiger partial charge in [-0.25, -0.2) is 9.78 Å². The summed E-state index contributed by atoms with van der Waals surface area (Å²) in [6, 6.07) is 0. The number of quaternary nitrogens is 1. The summed E-state index contributed by atoms with van der Waals surface area (Å²) in [4.78, 5) is 31.1. The number of nitrogens with one attached hydrogen (secondary N) is 1. The number of ether oxygens (including phenoxy) is 1. The molecule has 25 heavy (non-hydrogen) atoms. The number of hydrogen-bond donors (Lipinski definition) is 1. The molecule has 0 unspecified atom stereocenters. The number of unbranched alkanes of at least 4 members (excludes halogenated alkanes) is 2. The highest BCUT2D eigenvalue weighted by Crippen LogP contribution is 2.12. The Balaban J connectivity index is 2.08. The molecule has 0 aromatic carbocycles. The van der Waals surface area contributed by atoms with Crippen LogP contribution in [-0.4, -0.2) is 45.0 Å². The number of hydrogen-bond acceptors (Lipinski definition) is 4. The third-order valence-electron chi connectivity index (χ3n) is 5.02.